The molecule has 0 saturated carbocycles. The number of para-hydroxylation sites is 1. The fourth-order valence-corrected chi connectivity index (χ4v) is 2.63. The number of hydrogen-bond acceptors (Lipinski definition) is 1. The molecule has 1 aliphatic rings. The van der Waals surface area contributed by atoms with Gasteiger partial charge in [0.2, 0.25) is 0 Å². The van der Waals surface area contributed by atoms with Crippen LogP contribution in [0, 0.1) is 0 Å². The van der Waals surface area contributed by atoms with Crippen molar-refractivity contribution in [3.8, 4) is 11.1 Å². The van der Waals surface area contributed by atoms with E-state index < -0.39 is 0 Å². The van der Waals surface area contributed by atoms with Gasteiger partial charge in [0.1, 0.15) is 0 Å². The van der Waals surface area contributed by atoms with Crippen LogP contribution in [0.4, 0.5) is 0 Å². The molecule has 0 bridgehead atoms. The topological polar surface area (TPSA) is 28.7 Å². The minimum absolute atomic E-state index is 1.00. The first kappa shape index (κ1) is 8.11. The van der Waals surface area contributed by atoms with Gasteiger partial charge in [-0.1, -0.05) is 18.2 Å². The second-order valence-electron chi connectivity index (χ2n) is 4.23. The molecule has 0 radical (unpaired) electrons. The van der Waals surface area contributed by atoms with E-state index in [1.54, 1.807) is 0 Å². The first-order valence-corrected chi connectivity index (χ1v) is 5.46. The van der Waals surface area contributed by atoms with Gasteiger partial charge in [0.15, 0.2) is 0 Å². The number of H-pyrrole nitrogens is 1. The summed E-state index contributed by atoms with van der Waals surface area (Å²) in [6.45, 7) is 0. The van der Waals surface area contributed by atoms with Gasteiger partial charge in [0.25, 0.3) is 0 Å². The Labute approximate surface area is 93.0 Å². The largest absolute Gasteiger partial charge is 0.358 e. The van der Waals surface area contributed by atoms with Gasteiger partial charge in [-0.25, -0.2) is 0 Å². The van der Waals surface area contributed by atoms with Crippen molar-refractivity contribution in [2.45, 2.75) is 6.42 Å². The highest BCUT2D eigenvalue weighted by Gasteiger charge is 2.22. The summed E-state index contributed by atoms with van der Waals surface area (Å²) in [6.07, 6.45) is 4.84. The Bertz CT molecular complexity index is 695. The van der Waals surface area contributed by atoms with E-state index in [0.29, 0.717) is 0 Å². The molecule has 4 rings (SSSR count). The molecule has 3 aromatic rings. The molecule has 16 heavy (non-hydrogen) atoms. The van der Waals surface area contributed by atoms with Crippen LogP contribution in [0.3, 0.4) is 0 Å². The Morgan fingerprint density at radius 1 is 1.12 bits per heavy atom. The Morgan fingerprint density at radius 2 is 2.06 bits per heavy atom. The Kier molecular flexibility index (Phi) is 1.38. The Balaban J connectivity index is 2.15. The summed E-state index contributed by atoms with van der Waals surface area (Å²) in [5.41, 5.74) is 6.56. The summed E-state index contributed by atoms with van der Waals surface area (Å²) in [6, 6.07) is 10.6. The summed E-state index contributed by atoms with van der Waals surface area (Å²) in [5.74, 6) is 0. The maximum atomic E-state index is 4.23. The standard InChI is InChI=1S/C14H10N2/c1-2-4-12-10(3-1)14-11-8-15-6-5-9(11)7-13(14)16-12/h1-6,8,16H,7H2. The van der Waals surface area contributed by atoms with Gasteiger partial charge < -0.3 is 4.98 Å². The third-order valence-electron chi connectivity index (χ3n) is 3.33. The monoisotopic (exact) mass is 206 g/mol. The number of rotatable bonds is 0. The van der Waals surface area contributed by atoms with Crippen molar-refractivity contribution in [2.24, 2.45) is 0 Å². The highest BCUT2D eigenvalue weighted by molar-refractivity contribution is 6.00. The van der Waals surface area contributed by atoms with E-state index in [9.17, 15) is 0 Å². The first-order valence-electron chi connectivity index (χ1n) is 5.46. The molecule has 1 aromatic carbocycles. The summed E-state index contributed by atoms with van der Waals surface area (Å²) in [7, 11) is 0. The minimum Gasteiger partial charge on any atom is -0.358 e. The van der Waals surface area contributed by atoms with Crippen molar-refractivity contribution in [2.75, 3.05) is 0 Å². The summed E-state index contributed by atoms with van der Waals surface area (Å²) < 4.78 is 0. The first-order chi connectivity index (χ1) is 7.93. The molecule has 0 saturated heterocycles. The van der Waals surface area contributed by atoms with Crippen LogP contribution < -0.4 is 0 Å². The number of aromatic nitrogens is 2. The predicted octanol–water partition coefficient (Wildman–Crippen LogP) is 3.13. The van der Waals surface area contributed by atoms with Crippen LogP contribution in [-0.2, 0) is 6.42 Å². The Morgan fingerprint density at radius 3 is 3.06 bits per heavy atom. The molecule has 76 valence electrons. The number of fused-ring (bicyclic) bond motifs is 5. The molecule has 2 nitrogen and oxygen atoms in total. The smallest absolute Gasteiger partial charge is 0.0462 e. The number of nitrogens with one attached hydrogen (secondary N) is 1. The third kappa shape index (κ3) is 0.890. The number of nitrogens with zero attached hydrogens (tertiary/aromatic N) is 1. The predicted molar refractivity (Wildman–Crippen MR) is 64.3 cm³/mol. The van der Waals surface area contributed by atoms with Crippen LogP contribution >= 0.6 is 0 Å². The second kappa shape index (κ2) is 2.73. The highest BCUT2D eigenvalue weighted by atomic mass is 14.7. The molecule has 2 aromatic heterocycles. The highest BCUT2D eigenvalue weighted by Crippen LogP contribution is 2.40. The van der Waals surface area contributed by atoms with Crippen molar-refractivity contribution in [3.63, 3.8) is 0 Å². The van der Waals surface area contributed by atoms with E-state index in [2.05, 4.69) is 40.3 Å². The van der Waals surface area contributed by atoms with Crippen LogP contribution in [0.25, 0.3) is 22.0 Å². The van der Waals surface area contributed by atoms with Crippen molar-refractivity contribution >= 4 is 10.9 Å². The molecule has 0 amide bonds. The Hall–Kier alpha value is -2.09. The molecular weight excluding hydrogens is 196 g/mol. The van der Waals surface area contributed by atoms with E-state index in [0.717, 1.165) is 6.42 Å². The molecule has 1 N–H and O–H groups in total. The molecular formula is C14H10N2. The van der Waals surface area contributed by atoms with Crippen LogP contribution in [0.2, 0.25) is 0 Å². The number of pyridine rings is 1. The zero-order chi connectivity index (χ0) is 10.5. The van der Waals surface area contributed by atoms with Gasteiger partial charge in [-0.3, -0.25) is 4.98 Å². The van der Waals surface area contributed by atoms with Crippen molar-refractivity contribution in [1.29, 1.82) is 0 Å². The maximum absolute atomic E-state index is 4.23. The number of hydrogen-bond donors (Lipinski definition) is 1. The zero-order valence-corrected chi connectivity index (χ0v) is 8.70. The van der Waals surface area contributed by atoms with E-state index in [4.69, 9.17) is 0 Å². The van der Waals surface area contributed by atoms with Crippen LogP contribution in [0.15, 0.2) is 42.7 Å². The lowest BCUT2D eigenvalue weighted by atomic mass is 10.1. The lowest BCUT2D eigenvalue weighted by Gasteiger charge is -1.98. The van der Waals surface area contributed by atoms with E-state index in [1.165, 1.54) is 33.3 Å². The fraction of sp³-hybridized carbons (Fsp3) is 0.0714. The van der Waals surface area contributed by atoms with Gasteiger partial charge in [-0.2, -0.15) is 0 Å². The lowest BCUT2D eigenvalue weighted by molar-refractivity contribution is 1.16. The quantitative estimate of drug-likeness (QED) is 0.470. The van der Waals surface area contributed by atoms with Crippen LogP contribution in [0.1, 0.15) is 11.3 Å². The van der Waals surface area contributed by atoms with Crippen molar-refractivity contribution in [3.05, 3.63) is 54.0 Å². The molecule has 0 unspecified atom stereocenters. The van der Waals surface area contributed by atoms with Gasteiger partial charge in [-0.05, 0) is 17.7 Å². The SMILES string of the molecule is c1ccc2c3c([nH]c2c1)Cc1ccncc1-3. The fourth-order valence-electron chi connectivity index (χ4n) is 2.63. The van der Waals surface area contributed by atoms with Crippen molar-refractivity contribution in [1.82, 2.24) is 9.97 Å². The average Bonchev–Trinajstić information content (AvgIpc) is 2.83. The lowest BCUT2D eigenvalue weighted by Crippen LogP contribution is -1.82. The van der Waals surface area contributed by atoms with Crippen LogP contribution in [-0.4, -0.2) is 9.97 Å². The van der Waals surface area contributed by atoms with Gasteiger partial charge >= 0.3 is 0 Å². The molecule has 0 spiro atoms. The number of benzene rings is 1. The zero-order valence-electron chi connectivity index (χ0n) is 8.70. The minimum atomic E-state index is 1.00. The molecule has 0 aliphatic heterocycles. The third-order valence-corrected chi connectivity index (χ3v) is 3.33. The summed E-state index contributed by atoms with van der Waals surface area (Å²) >= 11 is 0. The van der Waals surface area contributed by atoms with E-state index >= 15 is 0 Å². The van der Waals surface area contributed by atoms with Gasteiger partial charge in [0, 0.05) is 46.5 Å². The molecule has 2 heterocycles. The van der Waals surface area contributed by atoms with Gasteiger partial charge in [0.05, 0.1) is 0 Å². The van der Waals surface area contributed by atoms with E-state index in [-0.39, 0.29) is 0 Å². The molecule has 1 aliphatic carbocycles. The molecule has 0 fully saturated rings. The summed E-state index contributed by atoms with van der Waals surface area (Å²) in [5, 5.41) is 1.31. The molecule has 0 atom stereocenters. The second-order valence-corrected chi connectivity index (χ2v) is 4.23. The van der Waals surface area contributed by atoms with E-state index in [1.807, 2.05) is 12.4 Å². The number of aromatic amines is 1. The average molecular weight is 206 g/mol. The normalized spacial score (nSPS) is 12.8. The van der Waals surface area contributed by atoms with Crippen LogP contribution in [0.5, 0.6) is 0 Å². The molecule has 2 heteroatoms. The van der Waals surface area contributed by atoms with Crippen molar-refractivity contribution < 1.29 is 0 Å². The van der Waals surface area contributed by atoms with Gasteiger partial charge in [-0.15, -0.1) is 0 Å². The maximum Gasteiger partial charge on any atom is 0.0462 e. The summed E-state index contributed by atoms with van der Waals surface area (Å²) in [4.78, 5) is 7.72.